The van der Waals surface area contributed by atoms with Crippen LogP contribution in [0.5, 0.6) is 0 Å². The van der Waals surface area contributed by atoms with E-state index < -0.39 is 29.4 Å². The van der Waals surface area contributed by atoms with E-state index >= 15 is 0 Å². The van der Waals surface area contributed by atoms with Gasteiger partial charge in [0.2, 0.25) is 0 Å². The third-order valence-corrected chi connectivity index (χ3v) is 6.25. The predicted molar refractivity (Wildman–Crippen MR) is 99.1 cm³/mol. The summed E-state index contributed by atoms with van der Waals surface area (Å²) in [6.45, 7) is 7.92. The zero-order valence-electron chi connectivity index (χ0n) is 16.1. The average molecular weight is 387 g/mol. The highest BCUT2D eigenvalue weighted by Gasteiger charge is 2.76. The van der Waals surface area contributed by atoms with Crippen LogP contribution >= 0.6 is 0 Å². The first-order valence-electron chi connectivity index (χ1n) is 9.45. The number of benzene rings is 1. The summed E-state index contributed by atoms with van der Waals surface area (Å²) in [7, 11) is 0. The lowest BCUT2D eigenvalue weighted by Crippen LogP contribution is -2.39. The van der Waals surface area contributed by atoms with Crippen LogP contribution in [0.1, 0.15) is 32.3 Å². The van der Waals surface area contributed by atoms with Gasteiger partial charge in [0.05, 0.1) is 11.3 Å². The Morgan fingerprint density at radius 2 is 1.86 bits per heavy atom. The van der Waals surface area contributed by atoms with E-state index in [2.05, 4.69) is 11.4 Å². The number of carbonyl (C=O) groups is 3. The maximum absolute atomic E-state index is 12.6. The second-order valence-corrected chi connectivity index (χ2v) is 7.34. The number of esters is 1. The largest absolute Gasteiger partial charge is 0.516 e. The zero-order valence-corrected chi connectivity index (χ0v) is 16.1. The van der Waals surface area contributed by atoms with E-state index in [0.717, 1.165) is 17.6 Å². The first kappa shape index (κ1) is 20.1. The van der Waals surface area contributed by atoms with Crippen LogP contribution in [0.4, 0.5) is 4.79 Å². The third kappa shape index (κ3) is 3.09. The Morgan fingerprint density at radius 1 is 1.18 bits per heavy atom. The summed E-state index contributed by atoms with van der Waals surface area (Å²) in [5.41, 5.74) is 0.518. The van der Waals surface area contributed by atoms with Gasteiger partial charge in [0.25, 0.3) is 0 Å². The molecule has 0 saturated heterocycles. The molecule has 0 bridgehead atoms. The lowest BCUT2D eigenvalue weighted by atomic mass is 9.72. The minimum atomic E-state index is -1.05. The molecule has 0 aliphatic heterocycles. The first-order valence-corrected chi connectivity index (χ1v) is 9.45. The molecule has 3 rings (SSSR count). The molecule has 1 aromatic carbocycles. The van der Waals surface area contributed by atoms with Gasteiger partial charge >= 0.3 is 18.1 Å². The van der Waals surface area contributed by atoms with Crippen molar-refractivity contribution in [3.63, 3.8) is 0 Å². The van der Waals surface area contributed by atoms with Crippen LogP contribution in [0.15, 0.2) is 42.5 Å². The molecule has 1 unspecified atom stereocenters. The van der Waals surface area contributed by atoms with Crippen molar-refractivity contribution >= 4 is 18.1 Å². The van der Waals surface area contributed by atoms with Gasteiger partial charge in [0.15, 0.2) is 0 Å². The topological polar surface area (TPSA) is 105 Å². The van der Waals surface area contributed by atoms with Gasteiger partial charge in [-0.05, 0) is 36.2 Å². The van der Waals surface area contributed by atoms with Crippen molar-refractivity contribution < 1.29 is 28.7 Å². The molecule has 0 heterocycles. The molecule has 150 valence electrons. The van der Waals surface area contributed by atoms with E-state index in [1.54, 1.807) is 12.1 Å². The Kier molecular flexibility index (Phi) is 5.56. The molecule has 2 aliphatic carbocycles. The van der Waals surface area contributed by atoms with Crippen LogP contribution in [-0.4, -0.2) is 18.1 Å². The van der Waals surface area contributed by atoms with Crippen molar-refractivity contribution in [3.05, 3.63) is 48.0 Å². The van der Waals surface area contributed by atoms with Gasteiger partial charge in [-0.2, -0.15) is 5.90 Å². The van der Waals surface area contributed by atoms with Crippen molar-refractivity contribution in [2.24, 2.45) is 35.0 Å². The summed E-state index contributed by atoms with van der Waals surface area (Å²) < 4.78 is 9.91. The van der Waals surface area contributed by atoms with E-state index in [0.29, 0.717) is 6.42 Å². The van der Waals surface area contributed by atoms with E-state index in [-0.39, 0.29) is 24.4 Å². The minimum Gasteiger partial charge on any atom is -0.429 e. The molecule has 0 aromatic heterocycles. The molecule has 7 nitrogen and oxygen atoms in total. The zero-order chi connectivity index (χ0) is 20.5. The monoisotopic (exact) mass is 387 g/mol. The molecule has 2 aliphatic rings. The number of rotatable bonds is 6. The number of carbonyl (C=O) groups excluding carboxylic acids is 3. The molecule has 7 heteroatoms. The Hall–Kier alpha value is -2.67. The smallest absolute Gasteiger partial charge is 0.429 e. The quantitative estimate of drug-likeness (QED) is 0.346. The Morgan fingerprint density at radius 3 is 2.43 bits per heavy atom. The number of fused-ring (bicyclic) bond motifs is 1. The van der Waals surface area contributed by atoms with E-state index in [4.69, 9.17) is 15.4 Å². The number of hydrogen-bond acceptors (Lipinski definition) is 7. The fourth-order valence-electron chi connectivity index (χ4n) is 4.95. The molecule has 2 fully saturated rings. The van der Waals surface area contributed by atoms with Crippen molar-refractivity contribution in [1.29, 1.82) is 0 Å². The fourth-order valence-corrected chi connectivity index (χ4v) is 4.95. The van der Waals surface area contributed by atoms with Crippen LogP contribution in [0.2, 0.25) is 0 Å². The number of hydrogen-bond donors (Lipinski definition) is 1. The molecule has 2 saturated carbocycles. The van der Waals surface area contributed by atoms with Crippen molar-refractivity contribution in [2.75, 3.05) is 0 Å². The summed E-state index contributed by atoms with van der Waals surface area (Å²) in [5, 5.41) is 0. The second-order valence-electron chi connectivity index (χ2n) is 7.34. The number of nitrogens with two attached hydrogens (primary N) is 1. The lowest BCUT2D eigenvalue weighted by molar-refractivity contribution is -0.156. The summed E-state index contributed by atoms with van der Waals surface area (Å²) in [6, 6.07) is 9.08. The molecular formula is C21H25NO6. The summed E-state index contributed by atoms with van der Waals surface area (Å²) in [4.78, 5) is 41.5. The van der Waals surface area contributed by atoms with E-state index in [9.17, 15) is 14.4 Å². The summed E-state index contributed by atoms with van der Waals surface area (Å²) >= 11 is 0. The summed E-state index contributed by atoms with van der Waals surface area (Å²) in [6.07, 6.45) is 0.0954. The Bertz CT molecular complexity index is 791. The van der Waals surface area contributed by atoms with Gasteiger partial charge in [-0.3, -0.25) is 4.79 Å². The average Bonchev–Trinajstić information content (AvgIpc) is 3.38. The maximum Gasteiger partial charge on any atom is 0.516 e. The van der Waals surface area contributed by atoms with E-state index in [1.165, 1.54) is 0 Å². The van der Waals surface area contributed by atoms with Crippen molar-refractivity contribution in [1.82, 2.24) is 0 Å². The van der Waals surface area contributed by atoms with Crippen LogP contribution < -0.4 is 5.90 Å². The number of ether oxygens (including phenoxy) is 2. The molecule has 0 radical (unpaired) electrons. The van der Waals surface area contributed by atoms with Crippen LogP contribution in [0.25, 0.3) is 0 Å². The Balaban J connectivity index is 1.67. The molecule has 0 amide bonds. The predicted octanol–water partition coefficient (Wildman–Crippen LogP) is 3.14. The Labute approximate surface area is 163 Å². The first-order chi connectivity index (χ1) is 13.4. The van der Waals surface area contributed by atoms with Crippen molar-refractivity contribution in [2.45, 2.75) is 33.3 Å². The van der Waals surface area contributed by atoms with Gasteiger partial charge < -0.3 is 14.3 Å². The molecule has 28 heavy (non-hydrogen) atoms. The van der Waals surface area contributed by atoms with Crippen molar-refractivity contribution in [3.8, 4) is 0 Å². The van der Waals surface area contributed by atoms with Gasteiger partial charge in [-0.1, -0.05) is 56.3 Å². The highest BCUT2D eigenvalue weighted by Crippen LogP contribution is 2.72. The lowest BCUT2D eigenvalue weighted by Gasteiger charge is -2.31. The summed E-state index contributed by atoms with van der Waals surface area (Å²) in [5.74, 6) is 2.87. The van der Waals surface area contributed by atoms with Gasteiger partial charge in [0.1, 0.15) is 6.61 Å². The SMILES string of the molecule is C=C1[C@H](CC)C2[C@H](C(=O)OC(=O)OCc3ccccc3)[C@H]2[C@]1(CC)C(=O)ON. The van der Waals surface area contributed by atoms with Gasteiger partial charge in [0, 0.05) is 0 Å². The standard InChI is InChI=1S/C21H25NO6/c1-4-14-12(3)21(5-2,19(24)28-22)17-15(14)16(17)18(23)27-20(25)26-11-13-9-7-6-8-10-13/h6-10,14-17H,3-5,11,22H2,1-2H3/t14-,15?,16-,17-,21+/m0/s1. The van der Waals surface area contributed by atoms with Crippen LogP contribution in [-0.2, 0) is 30.5 Å². The second kappa shape index (κ2) is 7.75. The molecular weight excluding hydrogens is 362 g/mol. The third-order valence-electron chi connectivity index (χ3n) is 6.25. The molecule has 5 atom stereocenters. The van der Waals surface area contributed by atoms with Crippen LogP contribution in [0.3, 0.4) is 0 Å². The molecule has 1 aromatic rings. The van der Waals surface area contributed by atoms with Gasteiger partial charge in [-0.15, -0.1) is 0 Å². The fraction of sp³-hybridized carbons (Fsp3) is 0.476. The highest BCUT2D eigenvalue weighted by atomic mass is 16.7. The normalized spacial score (nSPS) is 30.3. The maximum atomic E-state index is 12.6. The van der Waals surface area contributed by atoms with Crippen LogP contribution in [0, 0.1) is 29.1 Å². The highest BCUT2D eigenvalue weighted by molar-refractivity contribution is 5.90. The molecule has 0 spiro atoms. The van der Waals surface area contributed by atoms with Gasteiger partial charge in [-0.25, -0.2) is 9.59 Å². The van der Waals surface area contributed by atoms with E-state index in [1.807, 2.05) is 32.0 Å². The minimum absolute atomic E-state index is 0.0112. The molecule has 2 N–H and O–H groups in total.